The van der Waals surface area contributed by atoms with Gasteiger partial charge in [-0.2, -0.15) is 0 Å². The Balaban J connectivity index is 1.40. The monoisotopic (exact) mass is 428 g/mol. The molecule has 32 heavy (non-hydrogen) atoms. The zero-order valence-corrected chi connectivity index (χ0v) is 17.8. The number of amides is 2. The molecule has 1 aliphatic heterocycles. The number of hydrogen-bond acceptors (Lipinski definition) is 4. The Kier molecular flexibility index (Phi) is 6.51. The SMILES string of the molecule is COc1ccccc1C=C1Oc2ccc(C(=O)NCCCc3ccccc3)cc2NC1=O. The molecule has 0 atom stereocenters. The van der Waals surface area contributed by atoms with Gasteiger partial charge in [0.1, 0.15) is 5.75 Å². The van der Waals surface area contributed by atoms with Gasteiger partial charge in [0.15, 0.2) is 11.5 Å². The largest absolute Gasteiger partial charge is 0.496 e. The predicted octanol–water partition coefficient (Wildman–Crippen LogP) is 4.43. The van der Waals surface area contributed by atoms with Crippen molar-refractivity contribution in [3.05, 3.63) is 95.2 Å². The highest BCUT2D eigenvalue weighted by Gasteiger charge is 2.23. The quantitative estimate of drug-likeness (QED) is 0.431. The smallest absolute Gasteiger partial charge is 0.291 e. The van der Waals surface area contributed by atoms with Gasteiger partial charge in [-0.15, -0.1) is 0 Å². The van der Waals surface area contributed by atoms with Crippen LogP contribution >= 0.6 is 0 Å². The fraction of sp³-hybridized carbons (Fsp3) is 0.154. The number of ether oxygens (including phenoxy) is 2. The molecule has 4 rings (SSSR count). The van der Waals surface area contributed by atoms with Crippen LogP contribution in [0.2, 0.25) is 0 Å². The summed E-state index contributed by atoms with van der Waals surface area (Å²) >= 11 is 0. The highest BCUT2D eigenvalue weighted by atomic mass is 16.5. The summed E-state index contributed by atoms with van der Waals surface area (Å²) in [5.41, 5.74) is 2.90. The molecule has 2 amide bonds. The maximum atomic E-state index is 12.5. The molecule has 0 spiro atoms. The number of methoxy groups -OCH3 is 1. The molecular weight excluding hydrogens is 404 g/mol. The van der Waals surface area contributed by atoms with Crippen LogP contribution in [0.25, 0.3) is 6.08 Å². The fourth-order valence-electron chi connectivity index (χ4n) is 3.47. The van der Waals surface area contributed by atoms with E-state index in [1.807, 2.05) is 42.5 Å². The van der Waals surface area contributed by atoms with Gasteiger partial charge in [0.25, 0.3) is 11.8 Å². The number of nitrogens with one attached hydrogen (secondary N) is 2. The number of fused-ring (bicyclic) bond motifs is 1. The molecule has 0 aromatic heterocycles. The van der Waals surface area contributed by atoms with Crippen LogP contribution in [-0.4, -0.2) is 25.5 Å². The minimum atomic E-state index is -0.385. The van der Waals surface area contributed by atoms with Gasteiger partial charge in [-0.3, -0.25) is 9.59 Å². The van der Waals surface area contributed by atoms with E-state index in [2.05, 4.69) is 22.8 Å². The third kappa shape index (κ3) is 4.98. The third-order valence-electron chi connectivity index (χ3n) is 5.13. The van der Waals surface area contributed by atoms with Gasteiger partial charge in [0.05, 0.1) is 12.8 Å². The van der Waals surface area contributed by atoms with Crippen molar-refractivity contribution in [2.75, 3.05) is 19.0 Å². The van der Waals surface area contributed by atoms with Crippen LogP contribution < -0.4 is 20.1 Å². The maximum absolute atomic E-state index is 12.5. The molecule has 1 aliphatic rings. The molecule has 0 radical (unpaired) electrons. The fourth-order valence-corrected chi connectivity index (χ4v) is 3.47. The lowest BCUT2D eigenvalue weighted by Gasteiger charge is -2.20. The molecule has 6 nitrogen and oxygen atoms in total. The Hall–Kier alpha value is -4.06. The highest BCUT2D eigenvalue weighted by molar-refractivity contribution is 6.09. The van der Waals surface area contributed by atoms with Gasteiger partial charge in [0.2, 0.25) is 0 Å². The molecule has 0 bridgehead atoms. The van der Waals surface area contributed by atoms with E-state index in [0.717, 1.165) is 18.4 Å². The van der Waals surface area contributed by atoms with Crippen LogP contribution in [0.4, 0.5) is 5.69 Å². The first-order chi connectivity index (χ1) is 15.6. The summed E-state index contributed by atoms with van der Waals surface area (Å²) in [6.07, 6.45) is 3.37. The van der Waals surface area contributed by atoms with Crippen LogP contribution in [0.3, 0.4) is 0 Å². The van der Waals surface area contributed by atoms with E-state index >= 15 is 0 Å². The van der Waals surface area contributed by atoms with E-state index in [4.69, 9.17) is 9.47 Å². The molecular formula is C26H24N2O4. The number of para-hydroxylation sites is 1. The summed E-state index contributed by atoms with van der Waals surface area (Å²) < 4.78 is 11.1. The minimum absolute atomic E-state index is 0.153. The van der Waals surface area contributed by atoms with Crippen LogP contribution in [-0.2, 0) is 11.2 Å². The number of carbonyl (C=O) groups is 2. The number of rotatable bonds is 7. The summed E-state index contributed by atoms with van der Waals surface area (Å²) in [5, 5.41) is 5.72. The topological polar surface area (TPSA) is 76.7 Å². The number of hydrogen-bond donors (Lipinski definition) is 2. The van der Waals surface area contributed by atoms with Crippen molar-refractivity contribution >= 4 is 23.6 Å². The van der Waals surface area contributed by atoms with Gasteiger partial charge < -0.3 is 20.1 Å². The van der Waals surface area contributed by atoms with Gasteiger partial charge >= 0.3 is 0 Å². The van der Waals surface area contributed by atoms with E-state index in [1.54, 1.807) is 31.4 Å². The predicted molar refractivity (Wildman–Crippen MR) is 124 cm³/mol. The Morgan fingerprint density at radius 1 is 1.06 bits per heavy atom. The second-order valence-corrected chi connectivity index (χ2v) is 7.36. The summed E-state index contributed by atoms with van der Waals surface area (Å²) in [5.74, 6) is 0.697. The number of anilines is 1. The van der Waals surface area contributed by atoms with Crippen molar-refractivity contribution < 1.29 is 19.1 Å². The summed E-state index contributed by atoms with van der Waals surface area (Å²) in [6, 6.07) is 22.5. The lowest BCUT2D eigenvalue weighted by atomic mass is 10.1. The molecule has 0 saturated heterocycles. The van der Waals surface area contributed by atoms with Crippen molar-refractivity contribution in [1.29, 1.82) is 0 Å². The van der Waals surface area contributed by atoms with E-state index < -0.39 is 0 Å². The van der Waals surface area contributed by atoms with Crippen molar-refractivity contribution in [1.82, 2.24) is 5.32 Å². The molecule has 0 saturated carbocycles. The Bertz CT molecular complexity index is 1160. The van der Waals surface area contributed by atoms with E-state index in [1.165, 1.54) is 5.56 Å². The second kappa shape index (κ2) is 9.83. The Morgan fingerprint density at radius 2 is 1.84 bits per heavy atom. The second-order valence-electron chi connectivity index (χ2n) is 7.36. The van der Waals surface area contributed by atoms with E-state index in [0.29, 0.717) is 29.3 Å². The molecule has 0 fully saturated rings. The van der Waals surface area contributed by atoms with Crippen molar-refractivity contribution in [3.8, 4) is 11.5 Å². The first-order valence-corrected chi connectivity index (χ1v) is 10.4. The summed E-state index contributed by atoms with van der Waals surface area (Å²) in [4.78, 5) is 25.1. The van der Waals surface area contributed by atoms with Crippen LogP contribution in [0.15, 0.2) is 78.6 Å². The molecule has 2 N–H and O–H groups in total. The average molecular weight is 428 g/mol. The van der Waals surface area contributed by atoms with Crippen LogP contribution in [0, 0.1) is 0 Å². The first-order valence-electron chi connectivity index (χ1n) is 10.4. The molecule has 1 heterocycles. The third-order valence-corrected chi connectivity index (χ3v) is 5.13. The van der Waals surface area contributed by atoms with E-state index in [-0.39, 0.29) is 17.6 Å². The molecule has 6 heteroatoms. The summed E-state index contributed by atoms with van der Waals surface area (Å²) in [7, 11) is 1.57. The maximum Gasteiger partial charge on any atom is 0.291 e. The van der Waals surface area contributed by atoms with Gasteiger partial charge in [-0.05, 0) is 48.7 Å². The lowest BCUT2D eigenvalue weighted by Crippen LogP contribution is -2.26. The van der Waals surface area contributed by atoms with Crippen molar-refractivity contribution in [2.45, 2.75) is 12.8 Å². The number of aryl methyl sites for hydroxylation is 1. The van der Waals surface area contributed by atoms with Gasteiger partial charge in [-0.25, -0.2) is 0 Å². The van der Waals surface area contributed by atoms with Gasteiger partial charge in [-0.1, -0.05) is 48.5 Å². The minimum Gasteiger partial charge on any atom is -0.496 e. The van der Waals surface area contributed by atoms with E-state index in [9.17, 15) is 9.59 Å². The van der Waals surface area contributed by atoms with Crippen molar-refractivity contribution in [2.24, 2.45) is 0 Å². The Labute approximate surface area is 186 Å². The highest BCUT2D eigenvalue weighted by Crippen LogP contribution is 2.33. The average Bonchev–Trinajstić information content (AvgIpc) is 2.83. The molecule has 0 aliphatic carbocycles. The van der Waals surface area contributed by atoms with Crippen LogP contribution in [0.1, 0.15) is 27.9 Å². The molecule has 3 aromatic carbocycles. The normalized spacial score (nSPS) is 13.7. The number of benzene rings is 3. The molecule has 3 aromatic rings. The lowest BCUT2D eigenvalue weighted by molar-refractivity contribution is -0.115. The number of carbonyl (C=O) groups excluding carboxylic acids is 2. The standard InChI is InChI=1S/C26H24N2O4/c1-31-22-12-6-5-11-19(22)17-24-26(30)28-21-16-20(13-14-23(21)32-24)25(29)27-15-7-10-18-8-3-2-4-9-18/h2-6,8-9,11-14,16-17H,7,10,15H2,1H3,(H,27,29)(H,28,30). The Morgan fingerprint density at radius 3 is 2.66 bits per heavy atom. The first kappa shape index (κ1) is 21.2. The van der Waals surface area contributed by atoms with Crippen LogP contribution in [0.5, 0.6) is 11.5 Å². The zero-order valence-electron chi connectivity index (χ0n) is 17.8. The van der Waals surface area contributed by atoms with Crippen molar-refractivity contribution in [3.63, 3.8) is 0 Å². The van der Waals surface area contributed by atoms with Gasteiger partial charge in [0, 0.05) is 17.7 Å². The zero-order chi connectivity index (χ0) is 22.3. The summed E-state index contributed by atoms with van der Waals surface area (Å²) in [6.45, 7) is 0.569. The molecule has 162 valence electrons. The molecule has 0 unspecified atom stereocenters.